The molecule has 0 aliphatic rings. The average molecular weight is 401 g/mol. The highest BCUT2D eigenvalue weighted by molar-refractivity contribution is 7.21. The fourth-order valence-electron chi connectivity index (χ4n) is 2.69. The van der Waals surface area contributed by atoms with Gasteiger partial charge >= 0.3 is 0 Å². The van der Waals surface area contributed by atoms with Crippen molar-refractivity contribution in [2.24, 2.45) is 0 Å². The molecule has 27 heavy (non-hydrogen) atoms. The summed E-state index contributed by atoms with van der Waals surface area (Å²) in [5.74, 6) is -2.01. The first-order valence-electron chi connectivity index (χ1n) is 8.02. The Balaban J connectivity index is 1.63. The molecular formula is C19H13F2N3OS2. The van der Waals surface area contributed by atoms with E-state index < -0.39 is 11.6 Å². The normalized spacial score (nSPS) is 11.1. The van der Waals surface area contributed by atoms with Crippen molar-refractivity contribution in [1.82, 2.24) is 9.97 Å². The van der Waals surface area contributed by atoms with E-state index in [0.717, 1.165) is 21.8 Å². The van der Waals surface area contributed by atoms with Crippen LogP contribution < -0.4 is 5.32 Å². The molecule has 8 heteroatoms. The summed E-state index contributed by atoms with van der Waals surface area (Å²) in [5, 5.41) is 4.28. The number of aryl methyl sites for hydroxylation is 2. The van der Waals surface area contributed by atoms with Crippen molar-refractivity contribution < 1.29 is 13.6 Å². The van der Waals surface area contributed by atoms with Crippen molar-refractivity contribution in [1.29, 1.82) is 0 Å². The highest BCUT2D eigenvalue weighted by atomic mass is 32.1. The number of fused-ring (bicyclic) bond motifs is 1. The lowest BCUT2D eigenvalue weighted by atomic mass is 10.2. The third kappa shape index (κ3) is 3.45. The number of benzene rings is 2. The minimum absolute atomic E-state index is 0.214. The lowest BCUT2D eigenvalue weighted by molar-refractivity contribution is 0.103. The van der Waals surface area contributed by atoms with E-state index in [-0.39, 0.29) is 5.91 Å². The Morgan fingerprint density at radius 1 is 1.00 bits per heavy atom. The number of amides is 1. The first-order chi connectivity index (χ1) is 12.9. The number of carbonyl (C=O) groups excluding carboxylic acids is 1. The quantitative estimate of drug-likeness (QED) is 0.488. The molecule has 0 saturated heterocycles. The summed E-state index contributed by atoms with van der Waals surface area (Å²) in [4.78, 5) is 21.8. The van der Waals surface area contributed by atoms with Gasteiger partial charge in [0, 0.05) is 11.3 Å². The molecule has 1 N–H and O–H groups in total. The molecule has 0 radical (unpaired) electrons. The van der Waals surface area contributed by atoms with Gasteiger partial charge in [-0.05, 0) is 50.2 Å². The Hall–Kier alpha value is -2.71. The van der Waals surface area contributed by atoms with Gasteiger partial charge in [0.15, 0.2) is 11.6 Å². The van der Waals surface area contributed by atoms with E-state index in [9.17, 15) is 13.6 Å². The van der Waals surface area contributed by atoms with Gasteiger partial charge in [-0.2, -0.15) is 0 Å². The highest BCUT2D eigenvalue weighted by Crippen LogP contribution is 2.32. The first kappa shape index (κ1) is 17.7. The molecule has 0 fully saturated rings. The van der Waals surface area contributed by atoms with Crippen LogP contribution in [0.2, 0.25) is 0 Å². The summed E-state index contributed by atoms with van der Waals surface area (Å²) in [6.07, 6.45) is 0. The van der Waals surface area contributed by atoms with Gasteiger partial charge in [-0.3, -0.25) is 4.79 Å². The number of thiazole rings is 2. The zero-order valence-corrected chi connectivity index (χ0v) is 16.0. The van der Waals surface area contributed by atoms with Gasteiger partial charge in [-0.1, -0.05) is 0 Å². The van der Waals surface area contributed by atoms with E-state index in [0.29, 0.717) is 32.3 Å². The number of nitrogens with one attached hydrogen (secondary N) is 1. The van der Waals surface area contributed by atoms with E-state index in [1.165, 1.54) is 28.7 Å². The molecule has 0 aliphatic carbocycles. The van der Waals surface area contributed by atoms with Crippen LogP contribution in [0.25, 0.3) is 20.8 Å². The molecule has 4 rings (SSSR count). The molecule has 0 atom stereocenters. The zero-order valence-electron chi connectivity index (χ0n) is 14.3. The van der Waals surface area contributed by atoms with Crippen LogP contribution in [0.3, 0.4) is 0 Å². The number of hydrogen-bond acceptors (Lipinski definition) is 5. The minimum Gasteiger partial charge on any atom is -0.321 e. The molecule has 4 nitrogen and oxygen atoms in total. The van der Waals surface area contributed by atoms with Crippen LogP contribution in [-0.4, -0.2) is 15.9 Å². The second-order valence-corrected chi connectivity index (χ2v) is 8.17. The minimum atomic E-state index is -0.907. The van der Waals surface area contributed by atoms with E-state index in [2.05, 4.69) is 15.3 Å². The van der Waals surface area contributed by atoms with Gasteiger partial charge in [-0.15, -0.1) is 22.7 Å². The Bertz CT molecular complexity index is 1180. The fraction of sp³-hybridized carbons (Fsp3) is 0.105. The Labute approximate surface area is 161 Å². The van der Waals surface area contributed by atoms with E-state index in [1.807, 2.05) is 13.0 Å². The molecule has 0 aliphatic heterocycles. The van der Waals surface area contributed by atoms with E-state index in [1.54, 1.807) is 19.1 Å². The third-order valence-corrected chi connectivity index (χ3v) is 6.08. The van der Waals surface area contributed by atoms with Crippen molar-refractivity contribution in [2.45, 2.75) is 13.8 Å². The van der Waals surface area contributed by atoms with Gasteiger partial charge in [-0.25, -0.2) is 18.7 Å². The molecule has 2 heterocycles. The number of aromatic nitrogens is 2. The number of hydrogen-bond donors (Lipinski definition) is 1. The number of carbonyl (C=O) groups is 1. The molecule has 1 amide bonds. The predicted octanol–water partition coefficient (Wildman–Crippen LogP) is 5.57. The Kier molecular flexibility index (Phi) is 4.45. The standard InChI is InChI=1S/C19H13F2N3OS2/c1-9-17(26-10(2)22-9)18(25)23-12-4-6-16-15(8-12)24-19(27-16)11-3-5-13(20)14(21)7-11/h3-8H,1-2H3,(H,23,25). The summed E-state index contributed by atoms with van der Waals surface area (Å²) < 4.78 is 27.5. The Morgan fingerprint density at radius 3 is 2.52 bits per heavy atom. The van der Waals surface area contributed by atoms with Gasteiger partial charge in [0.05, 0.1) is 20.9 Å². The molecule has 2 aromatic heterocycles. The Morgan fingerprint density at radius 2 is 1.81 bits per heavy atom. The number of nitrogens with zero attached hydrogens (tertiary/aromatic N) is 2. The van der Waals surface area contributed by atoms with Gasteiger partial charge in [0.1, 0.15) is 9.88 Å². The van der Waals surface area contributed by atoms with Crippen molar-refractivity contribution in [3.05, 3.63) is 63.6 Å². The summed E-state index contributed by atoms with van der Waals surface area (Å²) in [6, 6.07) is 9.10. The topological polar surface area (TPSA) is 54.9 Å². The third-order valence-electron chi connectivity index (χ3n) is 3.92. The van der Waals surface area contributed by atoms with Crippen LogP contribution in [0.1, 0.15) is 20.4 Å². The van der Waals surface area contributed by atoms with E-state index in [4.69, 9.17) is 0 Å². The van der Waals surface area contributed by atoms with Gasteiger partial charge in [0.2, 0.25) is 0 Å². The second-order valence-electron chi connectivity index (χ2n) is 5.93. The van der Waals surface area contributed by atoms with Crippen LogP contribution in [0.15, 0.2) is 36.4 Å². The second kappa shape index (κ2) is 6.79. The lowest BCUT2D eigenvalue weighted by Crippen LogP contribution is -2.11. The maximum atomic E-state index is 13.5. The maximum absolute atomic E-state index is 13.5. The molecule has 0 bridgehead atoms. The molecule has 136 valence electrons. The van der Waals surface area contributed by atoms with Crippen molar-refractivity contribution in [3.8, 4) is 10.6 Å². The molecular weight excluding hydrogens is 388 g/mol. The SMILES string of the molecule is Cc1nc(C)c(C(=O)Nc2ccc3sc(-c4ccc(F)c(F)c4)nc3c2)s1. The molecule has 0 saturated carbocycles. The van der Waals surface area contributed by atoms with Crippen molar-refractivity contribution in [2.75, 3.05) is 5.32 Å². The number of rotatable bonds is 3. The van der Waals surface area contributed by atoms with Crippen LogP contribution in [-0.2, 0) is 0 Å². The average Bonchev–Trinajstić information content (AvgIpc) is 3.19. The number of anilines is 1. The van der Waals surface area contributed by atoms with Crippen molar-refractivity contribution >= 4 is 44.5 Å². The highest BCUT2D eigenvalue weighted by Gasteiger charge is 2.15. The largest absolute Gasteiger partial charge is 0.321 e. The summed E-state index contributed by atoms with van der Waals surface area (Å²) >= 11 is 2.72. The van der Waals surface area contributed by atoms with Crippen LogP contribution in [0.4, 0.5) is 14.5 Å². The zero-order chi connectivity index (χ0) is 19.1. The van der Waals surface area contributed by atoms with Crippen LogP contribution in [0.5, 0.6) is 0 Å². The molecule has 2 aromatic carbocycles. The maximum Gasteiger partial charge on any atom is 0.267 e. The van der Waals surface area contributed by atoms with Gasteiger partial charge in [0.25, 0.3) is 5.91 Å². The molecule has 4 aromatic rings. The van der Waals surface area contributed by atoms with Crippen LogP contribution >= 0.6 is 22.7 Å². The number of halogens is 2. The van der Waals surface area contributed by atoms with Gasteiger partial charge < -0.3 is 5.32 Å². The fourth-order valence-corrected chi connectivity index (χ4v) is 4.45. The predicted molar refractivity (Wildman–Crippen MR) is 105 cm³/mol. The molecule has 0 spiro atoms. The smallest absolute Gasteiger partial charge is 0.267 e. The first-order valence-corrected chi connectivity index (χ1v) is 9.65. The van der Waals surface area contributed by atoms with E-state index >= 15 is 0 Å². The van der Waals surface area contributed by atoms with Crippen molar-refractivity contribution in [3.63, 3.8) is 0 Å². The lowest BCUT2D eigenvalue weighted by Gasteiger charge is -2.03. The van der Waals surface area contributed by atoms with Crippen LogP contribution in [0, 0.1) is 25.5 Å². The molecule has 0 unspecified atom stereocenters. The summed E-state index contributed by atoms with van der Waals surface area (Å²) in [6.45, 7) is 3.66. The summed E-state index contributed by atoms with van der Waals surface area (Å²) in [5.41, 5.74) is 2.50. The summed E-state index contributed by atoms with van der Waals surface area (Å²) in [7, 11) is 0. The monoisotopic (exact) mass is 401 g/mol.